The molecule has 68 valence electrons. The predicted octanol–water partition coefficient (Wildman–Crippen LogP) is 2.64. The lowest BCUT2D eigenvalue weighted by molar-refractivity contribution is -0.853. The van der Waals surface area contributed by atoms with E-state index >= 15 is 0 Å². The van der Waals surface area contributed by atoms with Crippen LogP contribution in [0.3, 0.4) is 0 Å². The molecule has 0 radical (unpaired) electrons. The molecule has 1 heterocycles. The molecule has 1 aliphatic rings. The highest BCUT2D eigenvalue weighted by Crippen LogP contribution is 2.28. The zero-order valence-electron chi connectivity index (χ0n) is 8.54. The Morgan fingerprint density at radius 3 is 2.62 bits per heavy atom. The van der Waals surface area contributed by atoms with Gasteiger partial charge in [-0.05, 0) is 12.5 Å². The van der Waals surface area contributed by atoms with Crippen LogP contribution in [0.15, 0.2) is 30.5 Å². The number of fused-ring (bicyclic) bond motifs is 1. The Bertz CT molecular complexity index is 361. The third-order valence-corrected chi connectivity index (χ3v) is 2.56. The summed E-state index contributed by atoms with van der Waals surface area (Å²) >= 11 is 0. The molecule has 0 aliphatic carbocycles. The molecular weight excluding hydrogens is 158 g/mol. The lowest BCUT2D eigenvalue weighted by atomic mass is 9.97. The van der Waals surface area contributed by atoms with E-state index in [9.17, 15) is 0 Å². The molecule has 0 saturated heterocycles. The Morgan fingerprint density at radius 1 is 1.15 bits per heavy atom. The molecule has 0 unspecified atom stereocenters. The lowest BCUT2D eigenvalue weighted by Gasteiger charge is -2.31. The van der Waals surface area contributed by atoms with E-state index in [1.54, 1.807) is 0 Å². The average molecular weight is 174 g/mol. The Hall–Kier alpha value is -1.08. The van der Waals surface area contributed by atoms with Crippen molar-refractivity contribution in [3.8, 4) is 0 Å². The Morgan fingerprint density at radius 2 is 1.85 bits per heavy atom. The highest BCUT2D eigenvalue weighted by molar-refractivity contribution is 5.66. The average Bonchev–Trinajstić information content (AvgIpc) is 2.02. The molecule has 0 bridgehead atoms. The molecule has 0 fully saturated rings. The molecule has 1 aromatic rings. The summed E-state index contributed by atoms with van der Waals surface area (Å²) < 4.78 is 0.961. The van der Waals surface area contributed by atoms with Crippen LogP contribution in [0.4, 0.5) is 0 Å². The first kappa shape index (κ1) is 8.52. The zero-order chi connectivity index (χ0) is 9.47. The molecule has 0 amide bonds. The minimum atomic E-state index is 0.961. The summed E-state index contributed by atoms with van der Waals surface area (Å²) in [6.45, 7) is 3.30. The van der Waals surface area contributed by atoms with Gasteiger partial charge in [-0.2, -0.15) is 0 Å². The molecule has 1 aromatic carbocycles. The number of rotatable bonds is 0. The van der Waals surface area contributed by atoms with Crippen molar-refractivity contribution in [2.75, 3.05) is 14.1 Å². The Kier molecular flexibility index (Phi) is 1.77. The summed E-state index contributed by atoms with van der Waals surface area (Å²) in [5, 5.41) is 0. The molecule has 0 saturated carbocycles. The van der Waals surface area contributed by atoms with Gasteiger partial charge in [-0.15, -0.1) is 0 Å². The van der Waals surface area contributed by atoms with Gasteiger partial charge < -0.3 is 0 Å². The normalized spacial score (nSPS) is 19.2. The van der Waals surface area contributed by atoms with Gasteiger partial charge in [0.2, 0.25) is 0 Å². The van der Waals surface area contributed by atoms with E-state index in [0.717, 1.165) is 11.0 Å². The molecule has 1 heteroatoms. The fourth-order valence-corrected chi connectivity index (χ4v) is 2.12. The van der Waals surface area contributed by atoms with Gasteiger partial charge in [0.05, 0.1) is 20.3 Å². The van der Waals surface area contributed by atoms with E-state index in [4.69, 9.17) is 0 Å². The van der Waals surface area contributed by atoms with Crippen LogP contribution in [0.5, 0.6) is 0 Å². The van der Waals surface area contributed by atoms with E-state index in [-0.39, 0.29) is 0 Å². The van der Waals surface area contributed by atoms with Crippen LogP contribution < -0.4 is 0 Å². The van der Waals surface area contributed by atoms with Crippen LogP contribution in [0.2, 0.25) is 0 Å². The summed E-state index contributed by atoms with van der Waals surface area (Å²) in [6, 6.07) is 8.67. The Labute approximate surface area is 79.9 Å². The van der Waals surface area contributed by atoms with E-state index < -0.39 is 0 Å². The lowest BCUT2D eigenvalue weighted by Crippen LogP contribution is -2.35. The topological polar surface area (TPSA) is 0 Å². The van der Waals surface area contributed by atoms with Gasteiger partial charge in [0.25, 0.3) is 0 Å². The summed E-state index contributed by atoms with van der Waals surface area (Å²) in [7, 11) is 4.47. The van der Waals surface area contributed by atoms with Gasteiger partial charge in [-0.3, -0.25) is 4.48 Å². The van der Waals surface area contributed by atoms with E-state index in [1.807, 2.05) is 0 Å². The zero-order valence-corrected chi connectivity index (χ0v) is 8.54. The number of hydrogen-bond donors (Lipinski definition) is 0. The first-order valence-electron chi connectivity index (χ1n) is 4.69. The first-order chi connectivity index (χ1) is 6.08. The third-order valence-electron chi connectivity index (χ3n) is 2.56. The molecule has 0 atom stereocenters. The molecule has 0 spiro atoms. The summed E-state index contributed by atoms with van der Waals surface area (Å²) in [4.78, 5) is 0. The van der Waals surface area contributed by atoms with E-state index in [2.05, 4.69) is 51.5 Å². The van der Waals surface area contributed by atoms with Gasteiger partial charge in [0.15, 0.2) is 0 Å². The number of benzene rings is 1. The predicted molar refractivity (Wildman–Crippen MR) is 55.9 cm³/mol. The highest BCUT2D eigenvalue weighted by atomic mass is 15.3. The number of allylic oxidation sites excluding steroid dienone is 1. The molecular formula is C12H16N+. The van der Waals surface area contributed by atoms with Crippen LogP contribution in [0, 0.1) is 0 Å². The first-order valence-corrected chi connectivity index (χ1v) is 4.69. The van der Waals surface area contributed by atoms with Crippen molar-refractivity contribution in [1.82, 2.24) is 0 Å². The summed E-state index contributed by atoms with van der Waals surface area (Å²) in [6.07, 6.45) is 2.32. The maximum absolute atomic E-state index is 2.32. The minimum absolute atomic E-state index is 0.961. The third kappa shape index (κ3) is 1.52. The maximum Gasteiger partial charge on any atom is 0.109 e. The second kappa shape index (κ2) is 2.71. The molecule has 0 aromatic heterocycles. The van der Waals surface area contributed by atoms with Crippen molar-refractivity contribution in [2.24, 2.45) is 0 Å². The molecule has 13 heavy (non-hydrogen) atoms. The van der Waals surface area contributed by atoms with Crippen molar-refractivity contribution in [3.05, 3.63) is 41.6 Å². The fraction of sp³-hybridized carbons (Fsp3) is 0.333. The van der Waals surface area contributed by atoms with Crippen LogP contribution in [0.1, 0.15) is 18.1 Å². The number of nitrogens with zero attached hydrogens (tertiary/aromatic N) is 1. The van der Waals surface area contributed by atoms with Crippen LogP contribution in [-0.2, 0) is 6.54 Å². The van der Waals surface area contributed by atoms with Crippen LogP contribution in [-0.4, -0.2) is 18.6 Å². The maximum atomic E-state index is 2.32. The standard InChI is InChI=1S/C12H16N/c1-10-8-13(2,3)9-11-6-4-5-7-12(10)11/h4-8H,9H2,1-3H3/q+1. The second-order valence-electron chi connectivity index (χ2n) is 4.41. The van der Waals surface area contributed by atoms with Gasteiger partial charge >= 0.3 is 0 Å². The van der Waals surface area contributed by atoms with Crippen LogP contribution >= 0.6 is 0 Å². The van der Waals surface area contributed by atoms with Gasteiger partial charge in [0.1, 0.15) is 6.54 Å². The monoisotopic (exact) mass is 174 g/mol. The van der Waals surface area contributed by atoms with Crippen molar-refractivity contribution in [2.45, 2.75) is 13.5 Å². The summed E-state index contributed by atoms with van der Waals surface area (Å²) in [5.74, 6) is 0. The smallest absolute Gasteiger partial charge is 0.109 e. The quantitative estimate of drug-likeness (QED) is 0.530. The Balaban J connectivity index is 2.55. The molecule has 2 rings (SSSR count). The largest absolute Gasteiger partial charge is 0.298 e. The van der Waals surface area contributed by atoms with E-state index in [0.29, 0.717) is 0 Å². The van der Waals surface area contributed by atoms with Crippen LogP contribution in [0.25, 0.3) is 5.57 Å². The fourth-order valence-electron chi connectivity index (χ4n) is 2.12. The summed E-state index contributed by atoms with van der Waals surface area (Å²) in [5.41, 5.74) is 4.28. The highest BCUT2D eigenvalue weighted by Gasteiger charge is 2.22. The minimum Gasteiger partial charge on any atom is -0.298 e. The van der Waals surface area contributed by atoms with Crippen molar-refractivity contribution in [3.63, 3.8) is 0 Å². The van der Waals surface area contributed by atoms with Crippen molar-refractivity contribution < 1.29 is 4.48 Å². The van der Waals surface area contributed by atoms with Gasteiger partial charge in [-0.25, -0.2) is 0 Å². The number of hydrogen-bond acceptors (Lipinski definition) is 0. The van der Waals surface area contributed by atoms with E-state index in [1.165, 1.54) is 16.7 Å². The van der Waals surface area contributed by atoms with Crippen molar-refractivity contribution >= 4 is 5.57 Å². The number of quaternary nitrogens is 1. The second-order valence-corrected chi connectivity index (χ2v) is 4.41. The molecule has 1 nitrogen and oxygen atoms in total. The van der Waals surface area contributed by atoms with Crippen molar-refractivity contribution in [1.29, 1.82) is 0 Å². The SMILES string of the molecule is CC1=C[N+](C)(C)Cc2ccccc21. The van der Waals surface area contributed by atoms with Gasteiger partial charge in [-0.1, -0.05) is 24.3 Å². The van der Waals surface area contributed by atoms with Gasteiger partial charge in [0, 0.05) is 11.1 Å². The molecule has 1 aliphatic heterocycles. The molecule has 0 N–H and O–H groups in total.